The molecule has 0 N–H and O–H groups in total. The third kappa shape index (κ3) is 4.43. The van der Waals surface area contributed by atoms with Crippen LogP contribution in [-0.4, -0.2) is 36.7 Å². The summed E-state index contributed by atoms with van der Waals surface area (Å²) in [5.74, 6) is 0.995. The Morgan fingerprint density at radius 3 is 2.70 bits per heavy atom. The first-order chi connectivity index (χ1) is 11.0. The average Bonchev–Trinajstić information content (AvgIpc) is 2.56. The number of hydroxylamine groups is 2. The van der Waals surface area contributed by atoms with Crippen LogP contribution < -0.4 is 9.47 Å². The lowest BCUT2D eigenvalue weighted by molar-refractivity contribution is -0.0758. The molecule has 0 spiro atoms. The summed E-state index contributed by atoms with van der Waals surface area (Å²) in [6.45, 7) is 2.40. The lowest BCUT2D eigenvalue weighted by Crippen LogP contribution is -2.25. The van der Waals surface area contributed by atoms with Gasteiger partial charge < -0.3 is 9.47 Å². The second-order valence-electron chi connectivity index (χ2n) is 4.49. The average molecular weight is 381 g/mol. The number of aromatic nitrogens is 1. The summed E-state index contributed by atoms with van der Waals surface area (Å²) in [4.78, 5) is 21.5. The number of carbonyl (C=O) groups is 1. The summed E-state index contributed by atoms with van der Waals surface area (Å²) in [7, 11) is 2.95. The third-order valence-corrected chi connectivity index (χ3v) is 3.44. The van der Waals surface area contributed by atoms with E-state index in [1.807, 2.05) is 6.92 Å². The van der Waals surface area contributed by atoms with Crippen LogP contribution in [0, 0.1) is 0 Å². The van der Waals surface area contributed by atoms with Gasteiger partial charge in [0, 0.05) is 29.8 Å². The van der Waals surface area contributed by atoms with Gasteiger partial charge in [0.25, 0.3) is 5.91 Å². The van der Waals surface area contributed by atoms with Gasteiger partial charge in [-0.25, -0.2) is 10.0 Å². The largest absolute Gasteiger partial charge is 0.494 e. The number of pyridine rings is 1. The van der Waals surface area contributed by atoms with Crippen molar-refractivity contribution in [2.45, 2.75) is 6.92 Å². The fourth-order valence-electron chi connectivity index (χ4n) is 1.81. The minimum absolute atomic E-state index is 0.331. The molecule has 1 aromatic heterocycles. The van der Waals surface area contributed by atoms with E-state index in [2.05, 4.69) is 20.9 Å². The van der Waals surface area contributed by atoms with E-state index in [0.717, 1.165) is 9.54 Å². The maximum atomic E-state index is 12.4. The Balaban J connectivity index is 2.37. The standard InChI is InChI=1S/C16H17BrN2O4/c1-4-22-12-6-7-13(16(20)19(2)21-3)14(9-12)23-15-8-5-11(17)10-18-15/h5-10H,4H2,1-3H3. The van der Waals surface area contributed by atoms with Crippen LogP contribution in [0.5, 0.6) is 17.4 Å². The van der Waals surface area contributed by atoms with Crippen LogP contribution in [0.4, 0.5) is 0 Å². The van der Waals surface area contributed by atoms with Crippen molar-refractivity contribution < 1.29 is 19.1 Å². The van der Waals surface area contributed by atoms with Gasteiger partial charge in [-0.3, -0.25) is 9.63 Å². The summed E-state index contributed by atoms with van der Waals surface area (Å²) in [5.41, 5.74) is 0.350. The molecule has 0 fully saturated rings. The van der Waals surface area contributed by atoms with Gasteiger partial charge in [0.1, 0.15) is 11.5 Å². The number of halogens is 1. The number of benzene rings is 1. The SMILES string of the molecule is CCOc1ccc(C(=O)N(C)OC)c(Oc2ccc(Br)cn2)c1. The van der Waals surface area contributed by atoms with E-state index in [1.54, 1.807) is 36.5 Å². The number of ether oxygens (including phenoxy) is 2. The quantitative estimate of drug-likeness (QED) is 0.715. The molecule has 122 valence electrons. The Hall–Kier alpha value is -2.12. The molecule has 0 saturated carbocycles. The van der Waals surface area contributed by atoms with E-state index in [4.69, 9.17) is 14.3 Å². The summed E-state index contributed by atoms with van der Waals surface area (Å²) in [6, 6.07) is 8.51. The maximum absolute atomic E-state index is 12.4. The highest BCUT2D eigenvalue weighted by atomic mass is 79.9. The highest BCUT2D eigenvalue weighted by Gasteiger charge is 2.18. The summed E-state index contributed by atoms with van der Waals surface area (Å²) in [5, 5.41) is 1.12. The van der Waals surface area contributed by atoms with Crippen molar-refractivity contribution in [3.05, 3.63) is 46.6 Å². The second kappa shape index (κ2) is 7.94. The first-order valence-corrected chi connectivity index (χ1v) is 7.73. The normalized spacial score (nSPS) is 10.3. The van der Waals surface area contributed by atoms with Crippen molar-refractivity contribution in [3.63, 3.8) is 0 Å². The monoisotopic (exact) mass is 380 g/mol. The van der Waals surface area contributed by atoms with Crippen molar-refractivity contribution in [1.29, 1.82) is 0 Å². The van der Waals surface area contributed by atoms with Gasteiger partial charge in [-0.1, -0.05) is 0 Å². The molecular formula is C16H17BrN2O4. The number of hydrogen-bond donors (Lipinski definition) is 0. The van der Waals surface area contributed by atoms with Gasteiger partial charge in [0.2, 0.25) is 5.88 Å². The zero-order valence-electron chi connectivity index (χ0n) is 13.1. The van der Waals surface area contributed by atoms with Gasteiger partial charge in [0.05, 0.1) is 19.3 Å². The van der Waals surface area contributed by atoms with Gasteiger partial charge in [0.15, 0.2) is 0 Å². The van der Waals surface area contributed by atoms with Gasteiger partial charge in [-0.15, -0.1) is 0 Å². The topological polar surface area (TPSA) is 60.9 Å². The predicted octanol–water partition coefficient (Wildman–Crippen LogP) is 3.67. The van der Waals surface area contributed by atoms with Crippen molar-refractivity contribution in [2.24, 2.45) is 0 Å². The number of hydrogen-bond acceptors (Lipinski definition) is 5. The Labute approximate surface area is 143 Å². The van der Waals surface area contributed by atoms with E-state index in [9.17, 15) is 4.79 Å². The summed E-state index contributed by atoms with van der Waals surface area (Å²) in [6.07, 6.45) is 1.62. The molecule has 0 aliphatic heterocycles. The first-order valence-electron chi connectivity index (χ1n) is 6.93. The molecule has 0 atom stereocenters. The molecule has 1 amide bonds. The molecule has 7 heteroatoms. The van der Waals surface area contributed by atoms with Crippen molar-refractivity contribution in [3.8, 4) is 17.4 Å². The molecule has 2 aromatic rings. The smallest absolute Gasteiger partial charge is 0.280 e. The summed E-state index contributed by atoms with van der Waals surface area (Å²) < 4.78 is 12.0. The third-order valence-electron chi connectivity index (χ3n) is 2.97. The minimum atomic E-state index is -0.331. The van der Waals surface area contributed by atoms with E-state index < -0.39 is 0 Å². The Bertz CT molecular complexity index is 676. The van der Waals surface area contributed by atoms with E-state index >= 15 is 0 Å². The van der Waals surface area contributed by atoms with E-state index in [0.29, 0.717) is 29.5 Å². The van der Waals surface area contributed by atoms with Crippen molar-refractivity contribution in [1.82, 2.24) is 10.0 Å². The molecule has 0 saturated heterocycles. The molecule has 0 aliphatic rings. The zero-order valence-corrected chi connectivity index (χ0v) is 14.7. The molecule has 1 aromatic carbocycles. The van der Waals surface area contributed by atoms with Crippen molar-refractivity contribution in [2.75, 3.05) is 20.8 Å². The van der Waals surface area contributed by atoms with Crippen molar-refractivity contribution >= 4 is 21.8 Å². The molecule has 1 heterocycles. The number of amides is 1. The lowest BCUT2D eigenvalue weighted by Gasteiger charge is -2.17. The van der Waals surface area contributed by atoms with Gasteiger partial charge in [-0.05, 0) is 41.1 Å². The van der Waals surface area contributed by atoms with Gasteiger partial charge >= 0.3 is 0 Å². The maximum Gasteiger partial charge on any atom is 0.280 e. The summed E-state index contributed by atoms with van der Waals surface area (Å²) >= 11 is 3.31. The molecule has 23 heavy (non-hydrogen) atoms. The van der Waals surface area contributed by atoms with E-state index in [1.165, 1.54) is 14.2 Å². The fourth-order valence-corrected chi connectivity index (χ4v) is 2.04. The minimum Gasteiger partial charge on any atom is -0.494 e. The van der Waals surface area contributed by atoms with Crippen LogP contribution in [-0.2, 0) is 4.84 Å². The molecule has 0 unspecified atom stereocenters. The Morgan fingerprint density at radius 2 is 2.09 bits per heavy atom. The molecular weight excluding hydrogens is 364 g/mol. The Kier molecular flexibility index (Phi) is 5.95. The lowest BCUT2D eigenvalue weighted by atomic mass is 10.1. The Morgan fingerprint density at radius 1 is 1.30 bits per heavy atom. The predicted molar refractivity (Wildman–Crippen MR) is 88.7 cm³/mol. The molecule has 0 aliphatic carbocycles. The van der Waals surface area contributed by atoms with Gasteiger partial charge in [-0.2, -0.15) is 0 Å². The zero-order chi connectivity index (χ0) is 16.8. The van der Waals surface area contributed by atoms with Crippen LogP contribution in [0.2, 0.25) is 0 Å². The number of carbonyl (C=O) groups excluding carboxylic acids is 1. The number of rotatable bonds is 6. The van der Waals surface area contributed by atoms with E-state index in [-0.39, 0.29) is 5.91 Å². The van der Waals surface area contributed by atoms with Crippen LogP contribution >= 0.6 is 15.9 Å². The highest BCUT2D eigenvalue weighted by Crippen LogP contribution is 2.30. The highest BCUT2D eigenvalue weighted by molar-refractivity contribution is 9.10. The molecule has 6 nitrogen and oxygen atoms in total. The number of nitrogens with zero attached hydrogens (tertiary/aromatic N) is 2. The molecule has 0 radical (unpaired) electrons. The fraction of sp³-hybridized carbons (Fsp3) is 0.250. The van der Waals surface area contributed by atoms with Crippen LogP contribution in [0.1, 0.15) is 17.3 Å². The molecule has 0 bridgehead atoms. The first kappa shape index (κ1) is 17.2. The molecule has 2 rings (SSSR count). The second-order valence-corrected chi connectivity index (χ2v) is 5.41. The van der Waals surface area contributed by atoms with Crippen LogP contribution in [0.15, 0.2) is 41.0 Å². The van der Waals surface area contributed by atoms with Crippen LogP contribution in [0.25, 0.3) is 0 Å². The van der Waals surface area contributed by atoms with Crippen LogP contribution in [0.3, 0.4) is 0 Å².